The van der Waals surface area contributed by atoms with Gasteiger partial charge in [0.05, 0.1) is 6.54 Å². The normalized spacial score (nSPS) is 23.7. The van der Waals surface area contributed by atoms with Crippen LogP contribution in [0.1, 0.15) is 36.3 Å². The molecular formula is C14H19NO3S. The molecule has 5 heteroatoms. The highest BCUT2D eigenvalue weighted by atomic mass is 32.2. The summed E-state index contributed by atoms with van der Waals surface area (Å²) in [4.78, 5) is 12.3. The summed E-state index contributed by atoms with van der Waals surface area (Å²) in [6, 6.07) is 7.89. The Balaban J connectivity index is 2.23. The Morgan fingerprint density at radius 1 is 1.32 bits per heavy atom. The second kappa shape index (κ2) is 6.41. The van der Waals surface area contributed by atoms with Crippen molar-refractivity contribution in [2.45, 2.75) is 32.1 Å². The smallest absolute Gasteiger partial charge is 0.234 e. The molecule has 104 valence electrons. The summed E-state index contributed by atoms with van der Waals surface area (Å²) in [7, 11) is 0. The van der Waals surface area contributed by atoms with Crippen LogP contribution in [-0.4, -0.2) is 31.9 Å². The molecule has 1 aliphatic heterocycles. The van der Waals surface area contributed by atoms with Gasteiger partial charge < -0.3 is 0 Å². The van der Waals surface area contributed by atoms with E-state index in [-0.39, 0.29) is 18.2 Å². The van der Waals surface area contributed by atoms with Gasteiger partial charge in [-0.1, -0.05) is 30.7 Å². The maximum atomic E-state index is 12.3. The van der Waals surface area contributed by atoms with Gasteiger partial charge in [-0.2, -0.15) is 4.31 Å². The Kier molecular flexibility index (Phi) is 4.85. The topological polar surface area (TPSA) is 57.6 Å². The van der Waals surface area contributed by atoms with E-state index in [0.717, 1.165) is 30.4 Å². The number of benzene rings is 1. The van der Waals surface area contributed by atoms with Gasteiger partial charge >= 0.3 is 0 Å². The molecule has 0 aliphatic carbocycles. The van der Waals surface area contributed by atoms with Crippen LogP contribution in [-0.2, 0) is 16.1 Å². The largest absolute Gasteiger partial charge is 0.298 e. The first kappa shape index (κ1) is 14.4. The van der Waals surface area contributed by atoms with E-state index in [2.05, 4.69) is 0 Å². The molecule has 1 aromatic carbocycles. The molecule has 0 radical (unpaired) electrons. The summed E-state index contributed by atoms with van der Waals surface area (Å²) in [5.74, 6) is -0.107. The fourth-order valence-corrected chi connectivity index (χ4v) is 3.12. The Hall–Kier alpha value is -1.04. The predicted molar refractivity (Wildman–Crippen MR) is 75.1 cm³/mol. The first-order valence-corrected chi connectivity index (χ1v) is 7.60. The molecule has 2 unspecified atom stereocenters. The van der Waals surface area contributed by atoms with Crippen LogP contribution in [0.15, 0.2) is 24.3 Å². The lowest BCUT2D eigenvalue weighted by molar-refractivity contribution is -0.121. The Labute approximate surface area is 116 Å². The molecule has 1 aliphatic rings. The molecule has 0 spiro atoms. The average molecular weight is 281 g/mol. The number of Topliss-reactive ketones (excluding diaryl/α,β-unsaturated/α-hetero) is 1. The number of aryl methyl sites for hydroxylation is 1. The van der Waals surface area contributed by atoms with Crippen LogP contribution in [0.4, 0.5) is 0 Å². The molecule has 1 fully saturated rings. The first-order valence-electron chi connectivity index (χ1n) is 6.53. The molecule has 19 heavy (non-hydrogen) atoms. The second-order valence-electron chi connectivity index (χ2n) is 4.97. The third-order valence-corrected chi connectivity index (χ3v) is 4.41. The van der Waals surface area contributed by atoms with Gasteiger partial charge in [0.1, 0.15) is 0 Å². The minimum atomic E-state index is -2.06. The van der Waals surface area contributed by atoms with Crippen molar-refractivity contribution in [1.82, 2.24) is 4.31 Å². The lowest BCUT2D eigenvalue weighted by atomic mass is 9.86. The molecule has 1 heterocycles. The van der Waals surface area contributed by atoms with Crippen molar-refractivity contribution < 1.29 is 13.6 Å². The Morgan fingerprint density at radius 2 is 2.05 bits per heavy atom. The van der Waals surface area contributed by atoms with E-state index in [1.807, 2.05) is 31.2 Å². The highest BCUT2D eigenvalue weighted by Gasteiger charge is 2.27. The van der Waals surface area contributed by atoms with Crippen LogP contribution in [0.3, 0.4) is 0 Å². The van der Waals surface area contributed by atoms with Gasteiger partial charge in [0.15, 0.2) is 5.78 Å². The van der Waals surface area contributed by atoms with E-state index in [4.69, 9.17) is 4.55 Å². The summed E-state index contributed by atoms with van der Waals surface area (Å²) in [5.41, 5.74) is 2.16. The van der Waals surface area contributed by atoms with E-state index in [1.54, 1.807) is 0 Å². The van der Waals surface area contributed by atoms with Gasteiger partial charge in [0.2, 0.25) is 11.3 Å². The quantitative estimate of drug-likeness (QED) is 0.846. The third kappa shape index (κ3) is 3.49. The zero-order chi connectivity index (χ0) is 13.8. The highest BCUT2D eigenvalue weighted by Crippen LogP contribution is 2.28. The van der Waals surface area contributed by atoms with E-state index in [0.29, 0.717) is 6.54 Å². The fraction of sp³-hybridized carbons (Fsp3) is 0.500. The standard InChI is InChI=1S/C14H19NO3S/c1-11-6-2-3-7-12(11)13-8-4-5-9-15(19(17)18)10-14(13)16/h2-3,6-7,13H,4-5,8-10H2,1H3,(H,17,18). The zero-order valence-corrected chi connectivity index (χ0v) is 11.9. The SMILES string of the molecule is Cc1ccccc1C1CCCCN(S(=O)O)CC1=O. The highest BCUT2D eigenvalue weighted by molar-refractivity contribution is 7.76. The maximum absolute atomic E-state index is 12.3. The molecule has 4 nitrogen and oxygen atoms in total. The molecule has 0 saturated carbocycles. The van der Waals surface area contributed by atoms with Gasteiger partial charge in [0.25, 0.3) is 0 Å². The van der Waals surface area contributed by atoms with E-state index >= 15 is 0 Å². The molecule has 0 amide bonds. The third-order valence-electron chi connectivity index (χ3n) is 3.66. The minimum Gasteiger partial charge on any atom is -0.298 e. The molecular weight excluding hydrogens is 262 g/mol. The monoisotopic (exact) mass is 281 g/mol. The zero-order valence-electron chi connectivity index (χ0n) is 11.0. The van der Waals surface area contributed by atoms with Crippen molar-refractivity contribution >= 4 is 17.0 Å². The van der Waals surface area contributed by atoms with Crippen molar-refractivity contribution in [3.8, 4) is 0 Å². The van der Waals surface area contributed by atoms with Crippen LogP contribution in [0.5, 0.6) is 0 Å². The summed E-state index contributed by atoms with van der Waals surface area (Å²) < 4.78 is 21.7. The molecule has 1 saturated heterocycles. The molecule has 2 atom stereocenters. The van der Waals surface area contributed by atoms with E-state index < -0.39 is 11.3 Å². The van der Waals surface area contributed by atoms with Crippen molar-refractivity contribution in [3.05, 3.63) is 35.4 Å². The van der Waals surface area contributed by atoms with Crippen molar-refractivity contribution in [1.29, 1.82) is 0 Å². The van der Waals surface area contributed by atoms with Gasteiger partial charge in [-0.3, -0.25) is 9.35 Å². The maximum Gasteiger partial charge on any atom is 0.234 e. The average Bonchev–Trinajstić information content (AvgIpc) is 2.35. The Morgan fingerprint density at radius 3 is 2.74 bits per heavy atom. The number of rotatable bonds is 2. The van der Waals surface area contributed by atoms with E-state index in [1.165, 1.54) is 4.31 Å². The van der Waals surface area contributed by atoms with Crippen molar-refractivity contribution in [2.75, 3.05) is 13.1 Å². The van der Waals surface area contributed by atoms with Crippen molar-refractivity contribution in [2.24, 2.45) is 0 Å². The number of hydrogen-bond acceptors (Lipinski definition) is 2. The van der Waals surface area contributed by atoms with E-state index in [9.17, 15) is 9.00 Å². The minimum absolute atomic E-state index is 0.0383. The number of carbonyl (C=O) groups excluding carboxylic acids is 1. The van der Waals surface area contributed by atoms with Gasteiger partial charge in [-0.05, 0) is 30.9 Å². The lowest BCUT2D eigenvalue weighted by Crippen LogP contribution is -2.36. The van der Waals surface area contributed by atoms with Gasteiger partial charge in [-0.15, -0.1) is 0 Å². The Bertz CT molecular complexity index is 489. The summed E-state index contributed by atoms with van der Waals surface area (Å²) in [6.45, 7) is 2.57. The second-order valence-corrected chi connectivity index (χ2v) is 5.94. The van der Waals surface area contributed by atoms with Crippen LogP contribution in [0.25, 0.3) is 0 Å². The summed E-state index contributed by atoms with van der Waals surface area (Å²) in [6.07, 6.45) is 2.58. The van der Waals surface area contributed by atoms with Crippen molar-refractivity contribution in [3.63, 3.8) is 0 Å². The molecule has 1 aromatic rings. The predicted octanol–water partition coefficient (Wildman–Crippen LogP) is 2.27. The van der Waals surface area contributed by atoms with Crippen LogP contribution in [0, 0.1) is 6.92 Å². The number of carbonyl (C=O) groups is 1. The lowest BCUT2D eigenvalue weighted by Gasteiger charge is -2.25. The first-order chi connectivity index (χ1) is 9.09. The number of nitrogens with zero attached hydrogens (tertiary/aromatic N) is 1. The fourth-order valence-electron chi connectivity index (χ4n) is 2.60. The number of ketones is 1. The van der Waals surface area contributed by atoms with Crippen LogP contribution in [0.2, 0.25) is 0 Å². The summed E-state index contributed by atoms with van der Waals surface area (Å²) in [5, 5.41) is 0. The molecule has 0 aromatic heterocycles. The molecule has 2 rings (SSSR count). The summed E-state index contributed by atoms with van der Waals surface area (Å²) >= 11 is -2.06. The molecule has 0 bridgehead atoms. The van der Waals surface area contributed by atoms with Gasteiger partial charge in [0, 0.05) is 12.5 Å². The van der Waals surface area contributed by atoms with Gasteiger partial charge in [-0.25, -0.2) is 4.21 Å². The van der Waals surface area contributed by atoms with Crippen LogP contribution >= 0.6 is 0 Å². The molecule has 1 N–H and O–H groups in total. The van der Waals surface area contributed by atoms with Crippen LogP contribution < -0.4 is 0 Å². The number of hydrogen-bond donors (Lipinski definition) is 1.